The first-order valence-electron chi connectivity index (χ1n) is 7.81. The summed E-state index contributed by atoms with van der Waals surface area (Å²) in [6.45, 7) is 0. The van der Waals surface area contributed by atoms with E-state index in [1.165, 1.54) is 66.3 Å². The van der Waals surface area contributed by atoms with Gasteiger partial charge in [-0.05, 0) is 0 Å². The Balaban J connectivity index is 1.51. The Morgan fingerprint density at radius 2 is 1.16 bits per heavy atom. The van der Waals surface area contributed by atoms with Crippen LogP contribution in [0.2, 0.25) is 9.63 Å². The van der Waals surface area contributed by atoms with Crippen LogP contribution in [0.4, 0.5) is 0 Å². The fourth-order valence-electron chi connectivity index (χ4n) is 3.89. The summed E-state index contributed by atoms with van der Waals surface area (Å²) >= 11 is 1.35. The first kappa shape index (κ1) is 12.2. The Labute approximate surface area is 122 Å². The first-order chi connectivity index (χ1) is 9.42. The zero-order chi connectivity index (χ0) is 12.7. The fraction of sp³-hybridized carbons (Fsp3) is 0.556. The first-order valence-corrected chi connectivity index (χ1v) is 9.09. The monoisotopic (exact) mass is 294 g/mol. The van der Waals surface area contributed by atoms with E-state index in [0.717, 1.165) is 9.63 Å². The predicted octanol–water partition coefficient (Wildman–Crippen LogP) is 5.53. The SMILES string of the molecule is C1=C[CH]([Fe][CH]2C=CC3=C2CCCC3)C2=C1CCCC2. The molecular formula is C18H22Fe. The third kappa shape index (κ3) is 2.22. The van der Waals surface area contributed by atoms with Gasteiger partial charge in [0.15, 0.2) is 0 Å². The van der Waals surface area contributed by atoms with Crippen LogP contribution in [0.1, 0.15) is 51.4 Å². The van der Waals surface area contributed by atoms with Crippen LogP contribution in [-0.4, -0.2) is 0 Å². The summed E-state index contributed by atoms with van der Waals surface area (Å²) in [6.07, 6.45) is 21.0. The van der Waals surface area contributed by atoms with Gasteiger partial charge in [0.1, 0.15) is 0 Å². The molecule has 0 aromatic rings. The Hall–Kier alpha value is -0.521. The molecule has 0 fully saturated rings. The summed E-state index contributed by atoms with van der Waals surface area (Å²) < 4.78 is 0. The van der Waals surface area contributed by atoms with Crippen LogP contribution in [0.15, 0.2) is 46.6 Å². The Bertz CT molecular complexity index is 458. The van der Waals surface area contributed by atoms with Gasteiger partial charge in [0.05, 0.1) is 0 Å². The second-order valence-electron chi connectivity index (χ2n) is 6.12. The molecule has 19 heavy (non-hydrogen) atoms. The van der Waals surface area contributed by atoms with Gasteiger partial charge in [-0.25, -0.2) is 0 Å². The second-order valence-corrected chi connectivity index (χ2v) is 7.87. The molecule has 2 atom stereocenters. The second kappa shape index (κ2) is 5.11. The number of hydrogen-bond acceptors (Lipinski definition) is 0. The maximum atomic E-state index is 2.51. The molecule has 0 amide bonds. The topological polar surface area (TPSA) is 0 Å². The van der Waals surface area contributed by atoms with Crippen molar-refractivity contribution in [3.63, 3.8) is 0 Å². The number of allylic oxidation sites excluding steroid dienone is 8. The molecule has 4 aliphatic rings. The normalized spacial score (nSPS) is 33.3. The zero-order valence-electron chi connectivity index (χ0n) is 11.5. The molecule has 0 saturated heterocycles. The molecule has 0 saturated carbocycles. The van der Waals surface area contributed by atoms with Crippen molar-refractivity contribution in [3.05, 3.63) is 46.6 Å². The van der Waals surface area contributed by atoms with Crippen molar-refractivity contribution < 1.29 is 15.0 Å². The van der Waals surface area contributed by atoms with Gasteiger partial charge in [0.25, 0.3) is 0 Å². The molecule has 0 aliphatic heterocycles. The van der Waals surface area contributed by atoms with E-state index in [0.29, 0.717) is 0 Å². The van der Waals surface area contributed by atoms with E-state index in [9.17, 15) is 0 Å². The molecule has 102 valence electrons. The molecule has 0 aromatic carbocycles. The Morgan fingerprint density at radius 3 is 1.68 bits per heavy atom. The molecule has 0 radical (unpaired) electrons. The van der Waals surface area contributed by atoms with E-state index < -0.39 is 0 Å². The third-order valence-electron chi connectivity index (χ3n) is 4.94. The predicted molar refractivity (Wildman–Crippen MR) is 76.8 cm³/mol. The number of hydrogen-bond donors (Lipinski definition) is 0. The van der Waals surface area contributed by atoms with Crippen molar-refractivity contribution >= 4 is 0 Å². The molecule has 0 heterocycles. The van der Waals surface area contributed by atoms with Gasteiger partial charge >= 0.3 is 123 Å². The molecule has 0 spiro atoms. The van der Waals surface area contributed by atoms with Gasteiger partial charge < -0.3 is 0 Å². The van der Waals surface area contributed by atoms with Crippen LogP contribution in [0.25, 0.3) is 0 Å². The summed E-state index contributed by atoms with van der Waals surface area (Å²) in [5.41, 5.74) is 6.97. The quantitative estimate of drug-likeness (QED) is 0.588. The molecule has 2 unspecified atom stereocenters. The Kier molecular flexibility index (Phi) is 3.29. The van der Waals surface area contributed by atoms with E-state index in [1.807, 2.05) is 0 Å². The molecule has 4 aliphatic carbocycles. The van der Waals surface area contributed by atoms with Crippen molar-refractivity contribution in [1.29, 1.82) is 0 Å². The van der Waals surface area contributed by atoms with Gasteiger partial charge in [-0.1, -0.05) is 0 Å². The minimum absolute atomic E-state index is 0.763. The van der Waals surface area contributed by atoms with Crippen LogP contribution in [0, 0.1) is 0 Å². The third-order valence-corrected chi connectivity index (χ3v) is 6.92. The van der Waals surface area contributed by atoms with Crippen molar-refractivity contribution in [2.45, 2.75) is 61.0 Å². The summed E-state index contributed by atoms with van der Waals surface area (Å²) in [6, 6.07) is 0. The standard InChI is InChI=1S/2C9H11.Fe/c2*1-2-5-9-7-3-6-8(9)4-1;/h2*3,6-7H,1-2,4-5H2;. The molecule has 0 bridgehead atoms. The summed E-state index contributed by atoms with van der Waals surface area (Å²) in [5.74, 6) is 0. The van der Waals surface area contributed by atoms with Crippen LogP contribution >= 0.6 is 0 Å². The van der Waals surface area contributed by atoms with E-state index >= 15 is 0 Å². The minimum atomic E-state index is 0.763. The maximum absolute atomic E-state index is 2.51. The summed E-state index contributed by atoms with van der Waals surface area (Å²) in [4.78, 5) is 1.53. The summed E-state index contributed by atoms with van der Waals surface area (Å²) in [7, 11) is 0. The van der Waals surface area contributed by atoms with Gasteiger partial charge in [-0.3, -0.25) is 0 Å². The fourth-order valence-corrected chi connectivity index (χ4v) is 5.94. The molecule has 0 N–H and O–H groups in total. The van der Waals surface area contributed by atoms with E-state index in [-0.39, 0.29) is 0 Å². The van der Waals surface area contributed by atoms with Gasteiger partial charge in [0.2, 0.25) is 0 Å². The van der Waals surface area contributed by atoms with Crippen molar-refractivity contribution in [2.75, 3.05) is 0 Å². The van der Waals surface area contributed by atoms with Gasteiger partial charge in [-0.2, -0.15) is 0 Å². The van der Waals surface area contributed by atoms with Crippen LogP contribution in [0.3, 0.4) is 0 Å². The zero-order valence-corrected chi connectivity index (χ0v) is 12.6. The average Bonchev–Trinajstić information content (AvgIpc) is 3.05. The number of rotatable bonds is 2. The van der Waals surface area contributed by atoms with Crippen LogP contribution < -0.4 is 0 Å². The van der Waals surface area contributed by atoms with E-state index in [1.54, 1.807) is 22.3 Å². The van der Waals surface area contributed by atoms with Gasteiger partial charge in [-0.15, -0.1) is 0 Å². The van der Waals surface area contributed by atoms with Crippen LogP contribution in [0.5, 0.6) is 0 Å². The Morgan fingerprint density at radius 1 is 0.684 bits per heavy atom. The molecule has 0 nitrogen and oxygen atoms in total. The van der Waals surface area contributed by atoms with E-state index in [4.69, 9.17) is 0 Å². The molecule has 4 rings (SSSR count). The van der Waals surface area contributed by atoms with Gasteiger partial charge in [0, 0.05) is 0 Å². The molecular weight excluding hydrogens is 272 g/mol. The van der Waals surface area contributed by atoms with E-state index in [2.05, 4.69) is 24.3 Å². The van der Waals surface area contributed by atoms with Crippen molar-refractivity contribution in [3.8, 4) is 0 Å². The average molecular weight is 294 g/mol. The van der Waals surface area contributed by atoms with Crippen molar-refractivity contribution in [2.24, 2.45) is 0 Å². The molecule has 0 aromatic heterocycles. The molecule has 1 heteroatoms. The summed E-state index contributed by atoms with van der Waals surface area (Å²) in [5, 5.41) is 0. The van der Waals surface area contributed by atoms with Crippen molar-refractivity contribution in [1.82, 2.24) is 0 Å². The van der Waals surface area contributed by atoms with Crippen LogP contribution in [-0.2, 0) is 15.0 Å².